The summed E-state index contributed by atoms with van der Waals surface area (Å²) in [6.45, 7) is 20.5. The standard InChI is InChI=1S/C51H47N3O2/c1-49(2,3)34-26-38(44-39(27-34)40-28-35(50(4,5)6)29-41(45(40)56-44)51(7,8)9)30-19-21-32(22-20-30)47-52-46(31-15-11-10-12-16-31)53-48(54-47)33-23-24-37-36-17-13-14-18-42(36)55-43(37)25-33/h10-29H,1-9H3. The van der Waals surface area contributed by atoms with Crippen molar-refractivity contribution in [2.75, 3.05) is 0 Å². The maximum atomic E-state index is 6.98. The zero-order chi connectivity index (χ0) is 39.1. The molecule has 0 aliphatic carbocycles. The lowest BCUT2D eigenvalue weighted by atomic mass is 9.79. The molecule has 0 fully saturated rings. The van der Waals surface area contributed by atoms with Crippen LogP contribution in [0.2, 0.25) is 0 Å². The Kier molecular flexibility index (Phi) is 8.10. The van der Waals surface area contributed by atoms with Gasteiger partial charge in [-0.05, 0) is 69.3 Å². The van der Waals surface area contributed by atoms with Crippen LogP contribution in [-0.4, -0.2) is 15.0 Å². The molecular weight excluding hydrogens is 687 g/mol. The topological polar surface area (TPSA) is 65.0 Å². The molecule has 278 valence electrons. The Morgan fingerprint density at radius 1 is 0.375 bits per heavy atom. The quantitative estimate of drug-likeness (QED) is 0.180. The predicted octanol–water partition coefficient (Wildman–Crippen LogP) is 14.2. The zero-order valence-electron chi connectivity index (χ0n) is 33.7. The molecule has 5 heteroatoms. The monoisotopic (exact) mass is 733 g/mol. The molecule has 0 aliphatic heterocycles. The van der Waals surface area contributed by atoms with Crippen LogP contribution < -0.4 is 0 Å². The lowest BCUT2D eigenvalue weighted by Crippen LogP contribution is -2.16. The summed E-state index contributed by atoms with van der Waals surface area (Å²) in [5.74, 6) is 1.81. The van der Waals surface area contributed by atoms with E-state index in [1.165, 1.54) is 22.1 Å². The highest BCUT2D eigenvalue weighted by Gasteiger charge is 2.28. The van der Waals surface area contributed by atoms with Crippen LogP contribution in [0.1, 0.15) is 79.0 Å². The van der Waals surface area contributed by atoms with Crippen LogP contribution >= 0.6 is 0 Å². The number of aromatic nitrogens is 3. The summed E-state index contributed by atoms with van der Waals surface area (Å²) in [6.07, 6.45) is 0. The van der Waals surface area contributed by atoms with Crippen molar-refractivity contribution in [2.24, 2.45) is 0 Å². The molecule has 5 nitrogen and oxygen atoms in total. The van der Waals surface area contributed by atoms with Gasteiger partial charge < -0.3 is 8.83 Å². The third kappa shape index (κ3) is 6.25. The predicted molar refractivity (Wildman–Crippen MR) is 232 cm³/mol. The molecule has 0 saturated carbocycles. The van der Waals surface area contributed by atoms with Crippen molar-refractivity contribution in [3.05, 3.63) is 138 Å². The molecule has 0 saturated heterocycles. The van der Waals surface area contributed by atoms with E-state index in [0.717, 1.165) is 66.3 Å². The second-order valence-corrected chi connectivity index (χ2v) is 18.2. The van der Waals surface area contributed by atoms with Gasteiger partial charge in [0.1, 0.15) is 22.3 Å². The van der Waals surface area contributed by atoms with Gasteiger partial charge >= 0.3 is 0 Å². The highest BCUT2D eigenvalue weighted by molar-refractivity contribution is 6.11. The first kappa shape index (κ1) is 35.6. The van der Waals surface area contributed by atoms with E-state index < -0.39 is 0 Å². The van der Waals surface area contributed by atoms with Crippen LogP contribution in [-0.2, 0) is 16.2 Å². The Morgan fingerprint density at radius 2 is 0.893 bits per heavy atom. The maximum absolute atomic E-state index is 6.98. The van der Waals surface area contributed by atoms with Crippen LogP contribution in [0.4, 0.5) is 0 Å². The van der Waals surface area contributed by atoms with Gasteiger partial charge in [0, 0.05) is 49.4 Å². The van der Waals surface area contributed by atoms with Crippen LogP contribution in [0.3, 0.4) is 0 Å². The number of hydrogen-bond donors (Lipinski definition) is 0. The smallest absolute Gasteiger partial charge is 0.164 e. The van der Waals surface area contributed by atoms with Crippen molar-refractivity contribution >= 4 is 43.9 Å². The molecule has 0 atom stereocenters. The number of furan rings is 2. The third-order valence-corrected chi connectivity index (χ3v) is 11.0. The number of benzene rings is 6. The normalized spacial score (nSPS) is 12.7. The summed E-state index contributed by atoms with van der Waals surface area (Å²) in [7, 11) is 0. The van der Waals surface area contributed by atoms with Crippen molar-refractivity contribution in [2.45, 2.75) is 78.6 Å². The Morgan fingerprint density at radius 3 is 1.54 bits per heavy atom. The summed E-state index contributed by atoms with van der Waals surface area (Å²) in [5, 5.41) is 4.48. The zero-order valence-corrected chi connectivity index (χ0v) is 33.7. The van der Waals surface area contributed by atoms with Crippen molar-refractivity contribution in [3.63, 3.8) is 0 Å². The number of hydrogen-bond acceptors (Lipinski definition) is 5. The highest BCUT2D eigenvalue weighted by atomic mass is 16.3. The molecule has 9 aromatic rings. The van der Waals surface area contributed by atoms with Crippen LogP contribution in [0.5, 0.6) is 0 Å². The average molecular weight is 734 g/mol. The summed E-state index contributed by atoms with van der Waals surface area (Å²) < 4.78 is 13.2. The first-order chi connectivity index (χ1) is 26.6. The van der Waals surface area contributed by atoms with E-state index in [2.05, 4.69) is 129 Å². The van der Waals surface area contributed by atoms with Crippen LogP contribution in [0, 0.1) is 0 Å². The van der Waals surface area contributed by atoms with E-state index in [1.54, 1.807) is 0 Å². The number of nitrogens with zero attached hydrogens (tertiary/aromatic N) is 3. The minimum absolute atomic E-state index is 0.00642. The Bertz CT molecular complexity index is 2950. The Labute approximate surface area is 328 Å². The fourth-order valence-electron chi connectivity index (χ4n) is 7.63. The van der Waals surface area contributed by atoms with Gasteiger partial charge in [0.25, 0.3) is 0 Å². The highest BCUT2D eigenvalue weighted by Crippen LogP contribution is 2.44. The molecule has 0 spiro atoms. The largest absolute Gasteiger partial charge is 0.456 e. The van der Waals surface area contributed by atoms with Crippen LogP contribution in [0.25, 0.3) is 89.2 Å². The van der Waals surface area contributed by atoms with E-state index in [0.29, 0.717) is 17.5 Å². The fourth-order valence-corrected chi connectivity index (χ4v) is 7.63. The first-order valence-corrected chi connectivity index (χ1v) is 19.5. The third-order valence-electron chi connectivity index (χ3n) is 11.0. The van der Waals surface area contributed by atoms with Gasteiger partial charge in [-0.2, -0.15) is 0 Å². The number of rotatable bonds is 4. The van der Waals surface area contributed by atoms with Gasteiger partial charge in [0.15, 0.2) is 17.5 Å². The van der Waals surface area contributed by atoms with E-state index in [-0.39, 0.29) is 16.2 Å². The molecule has 0 bridgehead atoms. The van der Waals surface area contributed by atoms with Crippen LogP contribution in [0.15, 0.2) is 130 Å². The Hall–Kier alpha value is -6.07. The molecule has 0 aliphatic rings. The van der Waals surface area contributed by atoms with Crippen molar-refractivity contribution in [1.29, 1.82) is 0 Å². The summed E-state index contributed by atoms with van der Waals surface area (Å²) >= 11 is 0. The molecule has 0 N–H and O–H groups in total. The SMILES string of the molecule is CC(C)(C)c1cc(-c2ccc(-c3nc(-c4ccccc4)nc(-c4ccc5c(c4)oc4ccccc45)n3)cc2)c2oc3c(C(C)(C)C)cc(C(C)(C)C)cc3c2c1. The lowest BCUT2D eigenvalue weighted by molar-refractivity contribution is 0.559. The Balaban J connectivity index is 1.20. The van der Waals surface area contributed by atoms with Gasteiger partial charge in [-0.25, -0.2) is 15.0 Å². The summed E-state index contributed by atoms with van der Waals surface area (Å²) in [4.78, 5) is 15.1. The molecule has 3 aromatic heterocycles. The first-order valence-electron chi connectivity index (χ1n) is 19.5. The summed E-state index contributed by atoms with van der Waals surface area (Å²) in [5.41, 5.74) is 12.0. The minimum Gasteiger partial charge on any atom is -0.456 e. The minimum atomic E-state index is -0.0954. The van der Waals surface area contributed by atoms with Gasteiger partial charge in [-0.15, -0.1) is 0 Å². The van der Waals surface area contributed by atoms with E-state index in [4.69, 9.17) is 23.8 Å². The van der Waals surface area contributed by atoms with Crippen molar-refractivity contribution in [3.8, 4) is 45.3 Å². The maximum Gasteiger partial charge on any atom is 0.164 e. The van der Waals surface area contributed by atoms with E-state index >= 15 is 0 Å². The van der Waals surface area contributed by atoms with Crippen molar-refractivity contribution in [1.82, 2.24) is 15.0 Å². The van der Waals surface area contributed by atoms with Gasteiger partial charge in [-0.3, -0.25) is 0 Å². The fraction of sp³-hybridized carbons (Fsp3) is 0.235. The second kappa shape index (κ2) is 12.7. The number of fused-ring (bicyclic) bond motifs is 6. The number of para-hydroxylation sites is 1. The molecule has 56 heavy (non-hydrogen) atoms. The van der Waals surface area contributed by atoms with E-state index in [1.807, 2.05) is 54.6 Å². The molecule has 0 amide bonds. The molecule has 0 unspecified atom stereocenters. The average Bonchev–Trinajstić information content (AvgIpc) is 3.74. The molecule has 9 rings (SSSR count). The summed E-state index contributed by atoms with van der Waals surface area (Å²) in [6, 6.07) is 42.3. The van der Waals surface area contributed by atoms with Gasteiger partial charge in [0.2, 0.25) is 0 Å². The van der Waals surface area contributed by atoms with Gasteiger partial charge in [0.05, 0.1) is 0 Å². The molecule has 3 heterocycles. The lowest BCUT2D eigenvalue weighted by Gasteiger charge is -2.25. The van der Waals surface area contributed by atoms with Gasteiger partial charge in [-0.1, -0.05) is 147 Å². The second-order valence-electron chi connectivity index (χ2n) is 18.2. The van der Waals surface area contributed by atoms with E-state index in [9.17, 15) is 0 Å². The molecule has 6 aromatic carbocycles. The van der Waals surface area contributed by atoms with Crippen molar-refractivity contribution < 1.29 is 8.83 Å². The molecule has 0 radical (unpaired) electrons. The molecular formula is C51H47N3O2.